The number of carbonyl (C=O) groups is 5. The van der Waals surface area contributed by atoms with Gasteiger partial charge in [0.1, 0.15) is 0 Å². The molecule has 0 aromatic carbocycles. The molecule has 11 saturated carbocycles. The smallest absolute Gasteiger partial charge is 0.313 e. The normalized spacial score (nSPS) is 31.4. The highest BCUT2D eigenvalue weighted by Gasteiger charge is 2.64. The van der Waals surface area contributed by atoms with Gasteiger partial charge in [0.25, 0.3) is 0 Å². The van der Waals surface area contributed by atoms with E-state index in [1.807, 2.05) is 111 Å². The average molecular weight is 1510 g/mol. The van der Waals surface area contributed by atoms with Gasteiger partial charge in [-0.1, -0.05) is 167 Å². The number of fused-ring (bicyclic) bond motifs is 6. The number of esters is 5. The second-order valence-electron chi connectivity index (χ2n) is 39.3. The molecule has 0 aromatic heterocycles. The molecule has 11 aliphatic rings. The standard InChI is InChI=1S/C19H32O3.C18H32O3.C17H30O3.C16H28O3.C15H28O3.6CH4/c1-5-18(2,3)17(20)22-12-21-11-19(4)15-7-13-6-14(9-15)10-16(19)8-13;1-8-16(3,4)15(19)21-12(2)20-14-11-13-9-10-18(14,7)17(13,5)6;1-7-15(2,3)14(18)20-11-19-13-10-12-8-9-17(13,6)16(12,4)5;1-5-15(2,3)14(17)19-11-18-10-16(4)9-12-6-7-13(16)8-12;1-5-14(2,3)13(16)18-12-17-11-15(4)9-7-6-8-10-15;;;;;;/h13-16H,5-12H2,1-4H3;12-14H,8-11H2,1-7H3;12-13H,7-11H2,1-6H3;12-13H,5-11H2,1-4H3;5-12H2,1-4H3;6*1H4. The summed E-state index contributed by atoms with van der Waals surface area (Å²) in [7, 11) is 0. The van der Waals surface area contributed by atoms with E-state index >= 15 is 0 Å². The van der Waals surface area contributed by atoms with E-state index < -0.39 is 33.4 Å². The van der Waals surface area contributed by atoms with Crippen molar-refractivity contribution in [1.82, 2.24) is 0 Å². The molecule has 0 aromatic rings. The summed E-state index contributed by atoms with van der Waals surface area (Å²) in [6, 6.07) is 0. The molecule has 0 heterocycles. The van der Waals surface area contributed by atoms with Crippen molar-refractivity contribution < 1.29 is 71.3 Å². The van der Waals surface area contributed by atoms with Crippen molar-refractivity contribution >= 4 is 29.8 Å². The van der Waals surface area contributed by atoms with Crippen LogP contribution in [0.15, 0.2) is 0 Å². The van der Waals surface area contributed by atoms with Crippen LogP contribution in [0.3, 0.4) is 0 Å². The van der Waals surface area contributed by atoms with E-state index in [1.54, 1.807) is 0 Å². The number of hydrogen-bond donors (Lipinski definition) is 0. The van der Waals surface area contributed by atoms with Crippen LogP contribution in [0.2, 0.25) is 0 Å². The van der Waals surface area contributed by atoms with Crippen LogP contribution in [0.1, 0.15) is 378 Å². The van der Waals surface area contributed by atoms with Crippen molar-refractivity contribution in [1.29, 1.82) is 0 Å². The van der Waals surface area contributed by atoms with Crippen LogP contribution in [0.4, 0.5) is 0 Å². The fourth-order valence-corrected chi connectivity index (χ4v) is 19.0. The first kappa shape index (κ1) is 103. The fraction of sp³-hybridized carbons (Fsp3) is 0.945. The lowest BCUT2D eigenvalue weighted by molar-refractivity contribution is -0.206. The topological polar surface area (TPSA) is 178 Å². The quantitative estimate of drug-likeness (QED) is 0.0312. The van der Waals surface area contributed by atoms with E-state index in [9.17, 15) is 24.0 Å². The van der Waals surface area contributed by atoms with Gasteiger partial charge in [0.15, 0.2) is 33.5 Å². The summed E-state index contributed by atoms with van der Waals surface area (Å²) in [5.74, 6) is 6.05. The van der Waals surface area contributed by atoms with Crippen LogP contribution in [0, 0.1) is 112 Å². The molecule has 10 unspecified atom stereocenters. The van der Waals surface area contributed by atoms with Gasteiger partial charge in [0, 0.05) is 0 Å². The Morgan fingerprint density at radius 1 is 0.377 bits per heavy atom. The Kier molecular flexibility index (Phi) is 40.2. The molecule has 10 bridgehead atoms. The van der Waals surface area contributed by atoms with Gasteiger partial charge in [-0.25, -0.2) is 0 Å². The zero-order valence-electron chi connectivity index (χ0n) is 68.6. The minimum absolute atomic E-state index is 0. The highest BCUT2D eigenvalue weighted by molar-refractivity contribution is 5.77. The van der Waals surface area contributed by atoms with E-state index in [0.29, 0.717) is 28.3 Å². The third-order valence-electron chi connectivity index (χ3n) is 30.2. The molecule has 11 fully saturated rings. The van der Waals surface area contributed by atoms with E-state index in [0.717, 1.165) is 106 Å². The molecule has 0 N–H and O–H groups in total. The molecular weight excluding hydrogens is 1330 g/mol. The third-order valence-corrected chi connectivity index (χ3v) is 30.2. The molecule has 106 heavy (non-hydrogen) atoms. The Labute approximate surface area is 654 Å². The Morgan fingerprint density at radius 3 is 1.08 bits per heavy atom. The van der Waals surface area contributed by atoms with Crippen molar-refractivity contribution in [2.75, 3.05) is 47.0 Å². The van der Waals surface area contributed by atoms with Crippen LogP contribution in [0.25, 0.3) is 0 Å². The van der Waals surface area contributed by atoms with Crippen molar-refractivity contribution in [3.63, 3.8) is 0 Å². The van der Waals surface area contributed by atoms with E-state index in [-0.39, 0.29) is 130 Å². The summed E-state index contributed by atoms with van der Waals surface area (Å²) in [5, 5.41) is 0. The zero-order valence-corrected chi connectivity index (χ0v) is 68.6. The predicted octanol–water partition coefficient (Wildman–Crippen LogP) is 24.6. The minimum atomic E-state index is -0.458. The SMILES string of the molecule is C.C.C.C.C.C.CCC(C)(C)C(=O)OC(C)OC1CC2CCC1(C)C2(C)C.CCC(C)(C)C(=O)OCOC1CC2CCC1(C)C2(C)C.CCC(C)(C)C(=O)OCOCC1(C)C2CC3CC(C2)CC1C3.CCC(C)(C)C(=O)OCOCC1(C)CC2CCC1C2.CCC(C)(C)C(=O)OCOCC1(C)CCCCC1. The Morgan fingerprint density at radius 2 is 0.736 bits per heavy atom. The molecule has 15 heteroatoms. The number of hydrogen-bond acceptors (Lipinski definition) is 15. The molecule has 0 saturated heterocycles. The summed E-state index contributed by atoms with van der Waals surface area (Å²) in [6.45, 7) is 54.7. The maximum Gasteiger partial charge on any atom is 0.313 e. The minimum Gasteiger partial charge on any atom is -0.438 e. The summed E-state index contributed by atoms with van der Waals surface area (Å²) in [6.07, 6.45) is 30.0. The van der Waals surface area contributed by atoms with Crippen LogP contribution in [0.5, 0.6) is 0 Å². The van der Waals surface area contributed by atoms with Crippen LogP contribution >= 0.6 is 0 Å². The van der Waals surface area contributed by atoms with E-state index in [4.69, 9.17) is 47.4 Å². The van der Waals surface area contributed by atoms with Crippen LogP contribution < -0.4 is 0 Å². The zero-order chi connectivity index (χ0) is 74.9. The van der Waals surface area contributed by atoms with Gasteiger partial charge in [-0.05, 0) is 296 Å². The maximum absolute atomic E-state index is 12.1. The second-order valence-corrected chi connectivity index (χ2v) is 39.3. The highest BCUT2D eigenvalue weighted by atomic mass is 16.7. The van der Waals surface area contributed by atoms with E-state index in [1.165, 1.54) is 116 Å². The average Bonchev–Trinajstić information content (AvgIpc) is 1.58. The molecule has 0 radical (unpaired) electrons. The third kappa shape index (κ3) is 24.3. The molecule has 11 rings (SSSR count). The maximum atomic E-state index is 12.1. The van der Waals surface area contributed by atoms with Gasteiger partial charge in [0.05, 0.1) is 59.1 Å². The lowest BCUT2D eigenvalue weighted by Gasteiger charge is -2.60. The van der Waals surface area contributed by atoms with Gasteiger partial charge in [-0.2, -0.15) is 0 Å². The van der Waals surface area contributed by atoms with Crippen LogP contribution in [-0.2, 0) is 71.3 Å². The van der Waals surface area contributed by atoms with Gasteiger partial charge < -0.3 is 47.4 Å². The van der Waals surface area contributed by atoms with Gasteiger partial charge in [-0.3, -0.25) is 24.0 Å². The number of carbonyl (C=O) groups excluding carboxylic acids is 5. The second kappa shape index (κ2) is 41.3. The molecule has 10 atom stereocenters. The summed E-state index contributed by atoms with van der Waals surface area (Å²) in [5.41, 5.74) is -0.0671. The Balaban J connectivity index is 0.00000128. The monoisotopic (exact) mass is 1510 g/mol. The fourth-order valence-electron chi connectivity index (χ4n) is 19.0. The molecule has 628 valence electrons. The lowest BCUT2D eigenvalue weighted by atomic mass is 9.46. The molecule has 0 aliphatic heterocycles. The Bertz CT molecular complexity index is 2620. The highest BCUT2D eigenvalue weighted by Crippen LogP contribution is 2.68. The first-order valence-corrected chi connectivity index (χ1v) is 40.2. The van der Waals surface area contributed by atoms with Crippen molar-refractivity contribution in [3.8, 4) is 0 Å². The number of rotatable bonds is 28. The molecule has 0 amide bonds. The molecule has 15 nitrogen and oxygen atoms in total. The van der Waals surface area contributed by atoms with Gasteiger partial charge in [0.2, 0.25) is 0 Å². The van der Waals surface area contributed by atoms with E-state index in [2.05, 4.69) is 62.3 Å². The first-order chi connectivity index (χ1) is 46.3. The first-order valence-electron chi connectivity index (χ1n) is 40.2. The van der Waals surface area contributed by atoms with Crippen molar-refractivity contribution in [3.05, 3.63) is 0 Å². The number of ether oxygens (including phenoxy) is 10. The van der Waals surface area contributed by atoms with Gasteiger partial charge >= 0.3 is 29.8 Å². The molecule has 0 spiro atoms. The molecular formula is C91H174O15. The summed E-state index contributed by atoms with van der Waals surface area (Å²) < 4.78 is 55.7. The van der Waals surface area contributed by atoms with Gasteiger partial charge in [-0.15, -0.1) is 0 Å². The van der Waals surface area contributed by atoms with Crippen molar-refractivity contribution in [2.24, 2.45) is 112 Å². The van der Waals surface area contributed by atoms with Crippen molar-refractivity contribution in [2.45, 2.75) is 397 Å². The Hall–Kier alpha value is -2.85. The largest absolute Gasteiger partial charge is 0.438 e. The van der Waals surface area contributed by atoms with Crippen LogP contribution in [-0.4, -0.2) is 95.3 Å². The predicted molar refractivity (Wildman–Crippen MR) is 436 cm³/mol. The summed E-state index contributed by atoms with van der Waals surface area (Å²) >= 11 is 0. The lowest BCUT2D eigenvalue weighted by Crippen LogP contribution is -2.53. The molecule has 11 aliphatic carbocycles. The summed E-state index contributed by atoms with van der Waals surface area (Å²) in [4.78, 5) is 59.6.